The van der Waals surface area contributed by atoms with E-state index in [1.54, 1.807) is 18.2 Å². The van der Waals surface area contributed by atoms with Crippen molar-refractivity contribution in [3.05, 3.63) is 84.7 Å². The summed E-state index contributed by atoms with van der Waals surface area (Å²) < 4.78 is 0. The Balaban J connectivity index is 1.54. The predicted octanol–water partition coefficient (Wildman–Crippen LogP) is 8.55. The molecule has 0 heterocycles. The van der Waals surface area contributed by atoms with Crippen molar-refractivity contribution >= 4 is 86.7 Å². The fraction of sp³-hybridized carbons (Fsp3) is 0.250. The number of nitrogens with zero attached hydrogens (tertiary/aromatic N) is 1. The van der Waals surface area contributed by atoms with E-state index in [4.69, 9.17) is 69.6 Å². The van der Waals surface area contributed by atoms with E-state index in [-0.39, 0.29) is 0 Å². The van der Waals surface area contributed by atoms with E-state index in [2.05, 4.69) is 20.9 Å². The molecule has 4 nitrogen and oxygen atoms in total. The lowest BCUT2D eigenvalue weighted by Gasteiger charge is -2.24. The topological polar surface area (TPSA) is 39.3 Å². The highest BCUT2D eigenvalue weighted by Gasteiger charge is 2.07. The minimum atomic E-state index is 0.598. The number of hydrogen-bond donors (Lipinski definition) is 3. The second kappa shape index (κ2) is 13.7. The molecule has 3 N–H and O–H groups in total. The zero-order chi connectivity index (χ0) is 24.5. The molecule has 0 saturated carbocycles. The highest BCUT2D eigenvalue weighted by molar-refractivity contribution is 6.36. The highest BCUT2D eigenvalue weighted by Crippen LogP contribution is 2.24. The Morgan fingerprint density at radius 2 is 0.647 bits per heavy atom. The molecule has 0 amide bonds. The van der Waals surface area contributed by atoms with Gasteiger partial charge < -0.3 is 16.0 Å². The van der Waals surface area contributed by atoms with Crippen LogP contribution < -0.4 is 16.0 Å². The minimum absolute atomic E-state index is 0.598. The third-order valence-corrected chi connectivity index (χ3v) is 6.17. The number of hydrogen-bond acceptors (Lipinski definition) is 4. The van der Waals surface area contributed by atoms with Gasteiger partial charge in [0.1, 0.15) is 0 Å². The van der Waals surface area contributed by atoms with E-state index in [9.17, 15) is 0 Å². The molecule has 0 aliphatic rings. The van der Waals surface area contributed by atoms with E-state index >= 15 is 0 Å². The van der Waals surface area contributed by atoms with Crippen molar-refractivity contribution in [2.75, 3.05) is 55.2 Å². The van der Waals surface area contributed by atoms with Crippen LogP contribution in [-0.2, 0) is 0 Å². The van der Waals surface area contributed by atoms with Gasteiger partial charge in [-0.1, -0.05) is 69.6 Å². The summed E-state index contributed by atoms with van der Waals surface area (Å²) >= 11 is 36.6. The van der Waals surface area contributed by atoms with Crippen molar-refractivity contribution in [3.8, 4) is 0 Å². The lowest BCUT2D eigenvalue weighted by molar-refractivity contribution is 0.306. The van der Waals surface area contributed by atoms with E-state index in [0.29, 0.717) is 30.1 Å². The van der Waals surface area contributed by atoms with Crippen LogP contribution in [0.1, 0.15) is 0 Å². The van der Waals surface area contributed by atoms with E-state index in [0.717, 1.165) is 56.3 Å². The normalized spacial score (nSPS) is 11.0. The van der Waals surface area contributed by atoms with Crippen LogP contribution >= 0.6 is 69.6 Å². The first kappa shape index (κ1) is 27.3. The molecule has 3 aromatic carbocycles. The smallest absolute Gasteiger partial charge is 0.0441 e. The van der Waals surface area contributed by atoms with Crippen molar-refractivity contribution in [1.82, 2.24) is 4.90 Å². The number of rotatable bonds is 12. The summed E-state index contributed by atoms with van der Waals surface area (Å²) in [7, 11) is 0. The van der Waals surface area contributed by atoms with Gasteiger partial charge in [0.2, 0.25) is 0 Å². The number of nitrogens with one attached hydrogen (secondary N) is 3. The average Bonchev–Trinajstić information content (AvgIpc) is 2.71. The van der Waals surface area contributed by atoms with Crippen LogP contribution in [0, 0.1) is 0 Å². The number of anilines is 3. The summed E-state index contributed by atoms with van der Waals surface area (Å²) in [6, 6.07) is 16.3. The van der Waals surface area contributed by atoms with Gasteiger partial charge in [-0.15, -0.1) is 0 Å². The molecule has 0 aliphatic heterocycles. The molecule has 0 unspecified atom stereocenters. The molecule has 0 saturated heterocycles. The van der Waals surface area contributed by atoms with Crippen LogP contribution in [-0.4, -0.2) is 44.2 Å². The quantitative estimate of drug-likeness (QED) is 0.201. The minimum Gasteiger partial charge on any atom is -0.384 e. The standard InChI is InChI=1S/C24H24Cl6N4/c25-16-7-17(26)11-22(10-16)31-1-4-34(5-2-32-23-12-18(27)8-19(28)13-23)6-3-33-24-14-20(29)9-21(30)15-24/h7-15,31-33H,1-6H2. The Morgan fingerprint density at radius 3 is 0.882 bits per heavy atom. The highest BCUT2D eigenvalue weighted by atomic mass is 35.5. The van der Waals surface area contributed by atoms with Crippen molar-refractivity contribution in [3.63, 3.8) is 0 Å². The van der Waals surface area contributed by atoms with E-state index in [1.807, 2.05) is 36.4 Å². The largest absolute Gasteiger partial charge is 0.384 e. The Labute approximate surface area is 230 Å². The van der Waals surface area contributed by atoms with Crippen molar-refractivity contribution in [2.24, 2.45) is 0 Å². The van der Waals surface area contributed by atoms with Gasteiger partial charge in [-0.3, -0.25) is 4.90 Å². The van der Waals surface area contributed by atoms with Gasteiger partial charge >= 0.3 is 0 Å². The molecule has 0 spiro atoms. The summed E-state index contributed by atoms with van der Waals surface area (Å²) in [4.78, 5) is 2.33. The molecule has 0 atom stereocenters. The van der Waals surface area contributed by atoms with Crippen molar-refractivity contribution in [1.29, 1.82) is 0 Å². The van der Waals surface area contributed by atoms with E-state index < -0.39 is 0 Å². The van der Waals surface area contributed by atoms with Crippen molar-refractivity contribution in [2.45, 2.75) is 0 Å². The van der Waals surface area contributed by atoms with Gasteiger partial charge in [0.05, 0.1) is 0 Å². The molecule has 34 heavy (non-hydrogen) atoms. The molecular weight excluding hydrogens is 557 g/mol. The third-order valence-electron chi connectivity index (χ3n) is 4.86. The maximum Gasteiger partial charge on any atom is 0.0441 e. The monoisotopic (exact) mass is 578 g/mol. The zero-order valence-corrected chi connectivity index (χ0v) is 22.7. The maximum absolute atomic E-state index is 6.10. The van der Waals surface area contributed by atoms with E-state index in [1.165, 1.54) is 0 Å². The summed E-state index contributed by atoms with van der Waals surface area (Å²) in [5.41, 5.74) is 2.66. The van der Waals surface area contributed by atoms with Gasteiger partial charge in [-0.05, 0) is 54.6 Å². The second-order valence-corrected chi connectivity index (χ2v) is 10.2. The lowest BCUT2D eigenvalue weighted by atomic mass is 10.3. The third kappa shape index (κ3) is 9.79. The summed E-state index contributed by atoms with van der Waals surface area (Å²) in [6.45, 7) is 4.59. The van der Waals surface area contributed by atoms with Gasteiger partial charge in [0.25, 0.3) is 0 Å². The SMILES string of the molecule is Clc1cc(Cl)cc(NCCN(CCNc2cc(Cl)cc(Cl)c2)CCNc2cc(Cl)cc(Cl)c2)c1. The Hall–Kier alpha value is -1.24. The molecule has 0 aliphatic carbocycles. The predicted molar refractivity (Wildman–Crippen MR) is 151 cm³/mol. The molecule has 182 valence electrons. The van der Waals surface area contributed by atoms with Gasteiger partial charge in [0.15, 0.2) is 0 Å². The summed E-state index contributed by atoms with van der Waals surface area (Å²) in [6.07, 6.45) is 0. The first-order valence-electron chi connectivity index (χ1n) is 10.6. The molecule has 0 bridgehead atoms. The van der Waals surface area contributed by atoms with Gasteiger partial charge in [-0.25, -0.2) is 0 Å². The molecule has 10 heteroatoms. The van der Waals surface area contributed by atoms with Crippen LogP contribution in [0.5, 0.6) is 0 Å². The Bertz CT molecular complexity index is 898. The fourth-order valence-corrected chi connectivity index (χ4v) is 4.96. The van der Waals surface area contributed by atoms with Crippen LogP contribution in [0.25, 0.3) is 0 Å². The van der Waals surface area contributed by atoms with Crippen LogP contribution in [0.3, 0.4) is 0 Å². The number of halogens is 6. The summed E-state index contributed by atoms with van der Waals surface area (Å²) in [5, 5.41) is 13.7. The lowest BCUT2D eigenvalue weighted by Crippen LogP contribution is -2.36. The fourth-order valence-electron chi connectivity index (χ4n) is 3.38. The Kier molecular flexibility index (Phi) is 11.1. The van der Waals surface area contributed by atoms with Crippen LogP contribution in [0.2, 0.25) is 30.1 Å². The van der Waals surface area contributed by atoms with Crippen LogP contribution in [0.4, 0.5) is 17.1 Å². The summed E-state index contributed by atoms with van der Waals surface area (Å²) in [5.74, 6) is 0. The first-order chi connectivity index (χ1) is 16.3. The molecule has 3 aromatic rings. The van der Waals surface area contributed by atoms with Gasteiger partial charge in [0, 0.05) is 86.5 Å². The average molecular weight is 581 g/mol. The molecule has 0 aromatic heterocycles. The molecule has 0 fully saturated rings. The van der Waals surface area contributed by atoms with Crippen LogP contribution in [0.15, 0.2) is 54.6 Å². The van der Waals surface area contributed by atoms with Gasteiger partial charge in [-0.2, -0.15) is 0 Å². The second-order valence-electron chi connectivity index (χ2n) is 7.60. The maximum atomic E-state index is 6.10. The first-order valence-corrected chi connectivity index (χ1v) is 12.9. The molecule has 0 radical (unpaired) electrons. The zero-order valence-electron chi connectivity index (χ0n) is 18.2. The molecular formula is C24H24Cl6N4. The molecule has 3 rings (SSSR count). The van der Waals surface area contributed by atoms with Crippen molar-refractivity contribution < 1.29 is 0 Å². The number of benzene rings is 3. The Morgan fingerprint density at radius 1 is 0.412 bits per heavy atom.